The molecule has 3 N–H and O–H groups in total. The normalized spacial score (nSPS) is 10.3. The number of para-hydroxylation sites is 2. The van der Waals surface area contributed by atoms with Crippen molar-refractivity contribution in [2.45, 2.75) is 0 Å². The number of hydrogen-bond donors (Lipinski definition) is 3. The van der Waals surface area contributed by atoms with E-state index in [-0.39, 0.29) is 5.88 Å². The van der Waals surface area contributed by atoms with Crippen molar-refractivity contribution in [2.24, 2.45) is 0 Å². The van der Waals surface area contributed by atoms with E-state index in [1.807, 2.05) is 42.6 Å². The van der Waals surface area contributed by atoms with Gasteiger partial charge in [0.15, 0.2) is 5.88 Å². The highest BCUT2D eigenvalue weighted by atomic mass is 16.3. The van der Waals surface area contributed by atoms with Gasteiger partial charge in [0.2, 0.25) is 0 Å². The Morgan fingerprint density at radius 2 is 1.42 bits per heavy atom. The molecule has 0 aliphatic heterocycles. The number of aromatic amines is 2. The third kappa shape index (κ3) is 2.45. The zero-order chi connectivity index (χ0) is 13.1. The number of benzene rings is 2. The minimum absolute atomic E-state index is 0.223. The highest BCUT2D eigenvalue weighted by Crippen LogP contribution is 2.17. The Morgan fingerprint density at radius 3 is 2.16 bits per heavy atom. The molecule has 94 valence electrons. The second-order valence-electron chi connectivity index (χ2n) is 4.31. The Kier molecular flexibility index (Phi) is 2.94. The topological polar surface area (TPSA) is 51.8 Å². The molecule has 4 rings (SSSR count). The summed E-state index contributed by atoms with van der Waals surface area (Å²) in [5.41, 5.74) is 2.18. The van der Waals surface area contributed by atoms with Gasteiger partial charge in [-0.15, -0.1) is 0 Å². The molecule has 0 radical (unpaired) electrons. The molecule has 0 amide bonds. The van der Waals surface area contributed by atoms with Gasteiger partial charge in [0.25, 0.3) is 0 Å². The van der Waals surface area contributed by atoms with E-state index in [2.05, 4.69) is 28.2 Å². The third-order valence-electron chi connectivity index (χ3n) is 2.98. The van der Waals surface area contributed by atoms with Gasteiger partial charge in [-0.05, 0) is 23.6 Å². The molecule has 0 unspecified atom stereocenters. The van der Waals surface area contributed by atoms with Gasteiger partial charge in [-0.3, -0.25) is 0 Å². The van der Waals surface area contributed by atoms with Crippen molar-refractivity contribution >= 4 is 21.8 Å². The first kappa shape index (κ1) is 11.4. The van der Waals surface area contributed by atoms with Crippen molar-refractivity contribution in [3.05, 3.63) is 66.9 Å². The summed E-state index contributed by atoms with van der Waals surface area (Å²) in [7, 11) is 0. The van der Waals surface area contributed by atoms with Gasteiger partial charge in [0.1, 0.15) is 0 Å². The second-order valence-corrected chi connectivity index (χ2v) is 4.31. The monoisotopic (exact) mass is 250 g/mol. The van der Waals surface area contributed by atoms with Crippen LogP contribution in [0.4, 0.5) is 0 Å². The smallest absolute Gasteiger partial charge is 0.189 e. The number of hydrogen-bond acceptors (Lipinski definition) is 1. The Morgan fingerprint density at radius 1 is 0.737 bits per heavy atom. The van der Waals surface area contributed by atoms with Gasteiger partial charge in [-0.1, -0.05) is 36.4 Å². The maximum absolute atomic E-state index is 9.00. The van der Waals surface area contributed by atoms with Crippen molar-refractivity contribution in [1.82, 2.24) is 9.97 Å². The number of nitrogens with one attached hydrogen (secondary N) is 2. The van der Waals surface area contributed by atoms with Gasteiger partial charge in [0.05, 0.1) is 0 Å². The Bertz CT molecular complexity index is 735. The molecule has 2 aromatic heterocycles. The van der Waals surface area contributed by atoms with E-state index < -0.39 is 0 Å². The summed E-state index contributed by atoms with van der Waals surface area (Å²) in [6.07, 6.45) is 1.95. The summed E-state index contributed by atoms with van der Waals surface area (Å²) in [6, 6.07) is 19.7. The average Bonchev–Trinajstić information content (AvgIpc) is 3.03. The lowest BCUT2D eigenvalue weighted by Gasteiger charge is -1.83. The van der Waals surface area contributed by atoms with Crippen LogP contribution in [-0.4, -0.2) is 15.1 Å². The fourth-order valence-corrected chi connectivity index (χ4v) is 2.05. The zero-order valence-electron chi connectivity index (χ0n) is 10.3. The van der Waals surface area contributed by atoms with Gasteiger partial charge < -0.3 is 15.1 Å². The van der Waals surface area contributed by atoms with Gasteiger partial charge in [-0.25, -0.2) is 0 Å². The van der Waals surface area contributed by atoms with Gasteiger partial charge in [-0.2, -0.15) is 0 Å². The van der Waals surface area contributed by atoms with Gasteiger partial charge in [0, 0.05) is 28.7 Å². The molecule has 0 aliphatic rings. The van der Waals surface area contributed by atoms with E-state index >= 15 is 0 Å². The predicted molar refractivity (Wildman–Crippen MR) is 78.3 cm³/mol. The molecular weight excluding hydrogens is 236 g/mol. The van der Waals surface area contributed by atoms with Crippen LogP contribution in [0, 0.1) is 0 Å². The molecule has 19 heavy (non-hydrogen) atoms. The number of H-pyrrole nitrogens is 2. The molecule has 3 heteroatoms. The molecule has 0 fully saturated rings. The summed E-state index contributed by atoms with van der Waals surface area (Å²) >= 11 is 0. The first-order chi connectivity index (χ1) is 9.33. The Balaban J connectivity index is 0.000000117. The SMILES string of the molecule is Oc1cc2ccccc2[nH]1.c1ccc2[nH]ccc2c1. The van der Waals surface area contributed by atoms with Crippen molar-refractivity contribution in [3.63, 3.8) is 0 Å². The maximum atomic E-state index is 9.00. The average molecular weight is 250 g/mol. The fourth-order valence-electron chi connectivity index (χ4n) is 2.05. The standard InChI is InChI=1S/C8H7NO.C8H7N/c10-8-5-6-3-1-2-4-7(6)9-8;1-2-4-8-7(3-1)5-6-9-8/h1-5,9-10H;1-6,9H. The van der Waals surface area contributed by atoms with Crippen molar-refractivity contribution in [3.8, 4) is 5.88 Å². The lowest BCUT2D eigenvalue weighted by Crippen LogP contribution is -1.62. The molecule has 2 heterocycles. The van der Waals surface area contributed by atoms with E-state index in [0.717, 1.165) is 10.9 Å². The number of fused-ring (bicyclic) bond motifs is 2. The van der Waals surface area contributed by atoms with Gasteiger partial charge >= 0.3 is 0 Å². The minimum atomic E-state index is 0.223. The number of aromatic hydroxyl groups is 1. The summed E-state index contributed by atoms with van der Waals surface area (Å²) in [5.74, 6) is 0.223. The van der Waals surface area contributed by atoms with Crippen LogP contribution in [0.3, 0.4) is 0 Å². The van der Waals surface area contributed by atoms with E-state index in [9.17, 15) is 0 Å². The lowest BCUT2D eigenvalue weighted by molar-refractivity contribution is 0.458. The molecule has 0 spiro atoms. The molecule has 0 saturated carbocycles. The van der Waals surface area contributed by atoms with Crippen LogP contribution in [0.25, 0.3) is 21.8 Å². The molecule has 0 saturated heterocycles. The fraction of sp³-hybridized carbons (Fsp3) is 0. The number of rotatable bonds is 0. The second kappa shape index (κ2) is 4.90. The summed E-state index contributed by atoms with van der Waals surface area (Å²) in [4.78, 5) is 5.93. The molecule has 2 aromatic carbocycles. The molecule has 0 bridgehead atoms. The summed E-state index contributed by atoms with van der Waals surface area (Å²) in [6.45, 7) is 0. The molecule has 0 aliphatic carbocycles. The minimum Gasteiger partial charge on any atom is -0.495 e. The summed E-state index contributed by atoms with van der Waals surface area (Å²) in [5, 5.41) is 11.3. The van der Waals surface area contributed by atoms with E-state index in [1.165, 1.54) is 10.9 Å². The van der Waals surface area contributed by atoms with Crippen LogP contribution in [0.2, 0.25) is 0 Å². The van der Waals surface area contributed by atoms with Crippen molar-refractivity contribution < 1.29 is 5.11 Å². The van der Waals surface area contributed by atoms with Crippen LogP contribution >= 0.6 is 0 Å². The van der Waals surface area contributed by atoms with E-state index in [4.69, 9.17) is 5.11 Å². The molecule has 4 aromatic rings. The number of aromatic nitrogens is 2. The Hall–Kier alpha value is -2.68. The highest BCUT2D eigenvalue weighted by Gasteiger charge is 1.94. The molecule has 3 nitrogen and oxygen atoms in total. The largest absolute Gasteiger partial charge is 0.495 e. The third-order valence-corrected chi connectivity index (χ3v) is 2.98. The summed E-state index contributed by atoms with van der Waals surface area (Å²) < 4.78 is 0. The van der Waals surface area contributed by atoms with Crippen molar-refractivity contribution in [1.29, 1.82) is 0 Å². The lowest BCUT2D eigenvalue weighted by atomic mass is 10.3. The van der Waals surface area contributed by atoms with Crippen LogP contribution < -0.4 is 0 Å². The first-order valence-electron chi connectivity index (χ1n) is 6.12. The molecular formula is C16H14N2O. The zero-order valence-corrected chi connectivity index (χ0v) is 10.3. The first-order valence-corrected chi connectivity index (χ1v) is 6.12. The quantitative estimate of drug-likeness (QED) is 0.433. The van der Waals surface area contributed by atoms with Crippen molar-refractivity contribution in [2.75, 3.05) is 0 Å². The predicted octanol–water partition coefficient (Wildman–Crippen LogP) is 4.04. The van der Waals surface area contributed by atoms with Crippen LogP contribution in [0.1, 0.15) is 0 Å². The highest BCUT2D eigenvalue weighted by molar-refractivity contribution is 5.81. The van der Waals surface area contributed by atoms with E-state index in [1.54, 1.807) is 6.07 Å². The van der Waals surface area contributed by atoms with Crippen LogP contribution in [0.15, 0.2) is 66.9 Å². The Labute approximate surface area is 110 Å². The maximum Gasteiger partial charge on any atom is 0.189 e. The van der Waals surface area contributed by atoms with E-state index in [0.29, 0.717) is 0 Å². The molecule has 0 atom stereocenters. The van der Waals surface area contributed by atoms with Crippen LogP contribution in [-0.2, 0) is 0 Å². The van der Waals surface area contributed by atoms with Crippen LogP contribution in [0.5, 0.6) is 5.88 Å².